The summed E-state index contributed by atoms with van der Waals surface area (Å²) in [4.78, 5) is 15.7. The normalized spacial score (nSPS) is 18.1. The Labute approximate surface area is 138 Å². The summed E-state index contributed by atoms with van der Waals surface area (Å²) in [6.07, 6.45) is 2.11. The summed E-state index contributed by atoms with van der Waals surface area (Å²) in [6.45, 7) is 5.47. The molecule has 1 aliphatic heterocycles. The number of urea groups is 1. The molecule has 0 bridgehead atoms. The number of amides is 2. The first-order valence-corrected chi connectivity index (χ1v) is 9.25. The van der Waals surface area contributed by atoms with Gasteiger partial charge in [-0.05, 0) is 24.3 Å². The number of hydrogen-bond acceptors (Lipinski definition) is 5. The van der Waals surface area contributed by atoms with Gasteiger partial charge in [0, 0.05) is 17.3 Å². The minimum atomic E-state index is -0.00260. The number of carbonyl (C=O) groups excluding carboxylic acids is 1. The van der Waals surface area contributed by atoms with Crippen molar-refractivity contribution in [3.05, 3.63) is 32.4 Å². The number of aromatic nitrogens is 2. The molecule has 1 atom stereocenters. The molecule has 7 heteroatoms. The highest BCUT2D eigenvalue weighted by Gasteiger charge is 2.30. The van der Waals surface area contributed by atoms with Crippen molar-refractivity contribution < 1.29 is 4.79 Å². The predicted octanol–water partition coefficient (Wildman–Crippen LogP) is 3.77. The van der Waals surface area contributed by atoms with E-state index in [9.17, 15) is 4.79 Å². The fourth-order valence-corrected chi connectivity index (χ4v) is 4.27. The van der Waals surface area contributed by atoms with Crippen LogP contribution in [0.1, 0.15) is 53.5 Å². The molecule has 0 saturated carbocycles. The first-order chi connectivity index (χ1) is 10.6. The molecule has 3 heterocycles. The lowest BCUT2D eigenvalue weighted by atomic mass is 10.2. The summed E-state index contributed by atoms with van der Waals surface area (Å²) in [5, 5.41) is 15.2. The molecule has 1 aliphatic rings. The second-order valence-electron chi connectivity index (χ2n) is 5.71. The molecule has 118 valence electrons. The Hall–Kier alpha value is -1.47. The molecule has 1 unspecified atom stereocenters. The van der Waals surface area contributed by atoms with Crippen LogP contribution in [0.25, 0.3) is 0 Å². The van der Waals surface area contributed by atoms with Crippen LogP contribution in [0.15, 0.2) is 17.5 Å². The van der Waals surface area contributed by atoms with Gasteiger partial charge in [-0.1, -0.05) is 31.3 Å². The van der Waals surface area contributed by atoms with E-state index in [-0.39, 0.29) is 12.1 Å². The van der Waals surface area contributed by atoms with Crippen molar-refractivity contribution >= 4 is 28.7 Å². The second kappa shape index (κ2) is 6.75. The minimum Gasteiger partial charge on any atom is -0.331 e. The Morgan fingerprint density at radius 1 is 1.50 bits per heavy atom. The van der Waals surface area contributed by atoms with Crippen LogP contribution in [0.5, 0.6) is 0 Å². The van der Waals surface area contributed by atoms with Crippen LogP contribution in [0.2, 0.25) is 0 Å². The first kappa shape index (κ1) is 15.4. The van der Waals surface area contributed by atoms with E-state index in [0.29, 0.717) is 12.5 Å². The lowest BCUT2D eigenvalue weighted by Crippen LogP contribution is -2.38. The number of rotatable bonds is 4. The van der Waals surface area contributed by atoms with Crippen LogP contribution in [0.3, 0.4) is 0 Å². The van der Waals surface area contributed by atoms with E-state index in [1.54, 1.807) is 22.7 Å². The van der Waals surface area contributed by atoms with Gasteiger partial charge in [-0.15, -0.1) is 21.5 Å². The largest absolute Gasteiger partial charge is 0.331 e. The lowest BCUT2D eigenvalue weighted by Gasteiger charge is -2.23. The van der Waals surface area contributed by atoms with Gasteiger partial charge in [0.15, 0.2) is 0 Å². The molecular weight excluding hydrogens is 316 g/mol. The summed E-state index contributed by atoms with van der Waals surface area (Å²) in [5.74, 6) is 0.378. The molecule has 2 aromatic heterocycles. The van der Waals surface area contributed by atoms with E-state index in [2.05, 4.69) is 40.8 Å². The molecule has 2 amide bonds. The number of nitrogens with zero attached hydrogens (tertiary/aromatic N) is 3. The van der Waals surface area contributed by atoms with Gasteiger partial charge in [0.2, 0.25) is 0 Å². The number of hydrogen-bond donors (Lipinski definition) is 1. The number of carbonyl (C=O) groups is 1. The van der Waals surface area contributed by atoms with Crippen LogP contribution in [0.4, 0.5) is 4.79 Å². The second-order valence-corrected chi connectivity index (χ2v) is 7.79. The monoisotopic (exact) mass is 336 g/mol. The third kappa shape index (κ3) is 3.30. The highest BCUT2D eigenvalue weighted by Crippen LogP contribution is 2.34. The molecule has 2 aromatic rings. The molecule has 1 saturated heterocycles. The van der Waals surface area contributed by atoms with E-state index in [1.165, 1.54) is 4.88 Å². The smallest absolute Gasteiger partial charge is 0.318 e. The van der Waals surface area contributed by atoms with Gasteiger partial charge in [0.25, 0.3) is 0 Å². The first-order valence-electron chi connectivity index (χ1n) is 7.55. The van der Waals surface area contributed by atoms with Crippen LogP contribution >= 0.6 is 22.7 Å². The highest BCUT2D eigenvalue weighted by atomic mass is 32.1. The summed E-state index contributed by atoms with van der Waals surface area (Å²) >= 11 is 3.29. The molecule has 0 aliphatic carbocycles. The average Bonchev–Trinajstić information content (AvgIpc) is 3.23. The molecule has 0 aromatic carbocycles. The standard InChI is InChI=1S/C15H20N4OS2/c1-10(2)14-18-17-13(22-14)9-16-15(20)19-7-3-5-11(19)12-6-4-8-21-12/h4,6,8,10-11H,3,5,7,9H2,1-2H3,(H,16,20). The van der Waals surface area contributed by atoms with Gasteiger partial charge < -0.3 is 10.2 Å². The van der Waals surface area contributed by atoms with Crippen molar-refractivity contribution in [2.45, 2.75) is 45.2 Å². The zero-order valence-corrected chi connectivity index (χ0v) is 14.4. The van der Waals surface area contributed by atoms with E-state index >= 15 is 0 Å². The van der Waals surface area contributed by atoms with E-state index in [1.807, 2.05) is 11.0 Å². The Morgan fingerprint density at radius 3 is 3.05 bits per heavy atom. The molecule has 0 radical (unpaired) electrons. The molecular formula is C15H20N4OS2. The van der Waals surface area contributed by atoms with Gasteiger partial charge in [-0.3, -0.25) is 0 Å². The van der Waals surface area contributed by atoms with Gasteiger partial charge >= 0.3 is 6.03 Å². The molecule has 3 rings (SSSR count). The van der Waals surface area contributed by atoms with Crippen LogP contribution in [0, 0.1) is 0 Å². The minimum absolute atomic E-state index is 0.00260. The van der Waals surface area contributed by atoms with E-state index < -0.39 is 0 Å². The fourth-order valence-electron chi connectivity index (χ4n) is 2.61. The molecule has 0 spiro atoms. The summed E-state index contributed by atoms with van der Waals surface area (Å²) in [6, 6.07) is 4.38. The van der Waals surface area contributed by atoms with Crippen molar-refractivity contribution in [1.29, 1.82) is 0 Å². The molecule has 1 fully saturated rings. The van der Waals surface area contributed by atoms with Crippen LogP contribution in [-0.4, -0.2) is 27.7 Å². The lowest BCUT2D eigenvalue weighted by molar-refractivity contribution is 0.193. The summed E-state index contributed by atoms with van der Waals surface area (Å²) in [5.41, 5.74) is 0. The topological polar surface area (TPSA) is 58.1 Å². The van der Waals surface area contributed by atoms with Crippen LogP contribution in [-0.2, 0) is 6.54 Å². The van der Waals surface area contributed by atoms with E-state index in [0.717, 1.165) is 29.4 Å². The van der Waals surface area contributed by atoms with Crippen molar-refractivity contribution in [3.63, 3.8) is 0 Å². The van der Waals surface area contributed by atoms with Gasteiger partial charge in [0.05, 0.1) is 12.6 Å². The molecule has 1 N–H and O–H groups in total. The third-order valence-corrected chi connectivity index (χ3v) is 5.95. The van der Waals surface area contributed by atoms with Gasteiger partial charge in [0.1, 0.15) is 10.0 Å². The van der Waals surface area contributed by atoms with Gasteiger partial charge in [-0.25, -0.2) is 4.79 Å². The highest BCUT2D eigenvalue weighted by molar-refractivity contribution is 7.11. The summed E-state index contributed by atoms with van der Waals surface area (Å²) in [7, 11) is 0. The van der Waals surface area contributed by atoms with Crippen LogP contribution < -0.4 is 5.32 Å². The summed E-state index contributed by atoms with van der Waals surface area (Å²) < 4.78 is 0. The Bertz CT molecular complexity index is 623. The van der Waals surface area contributed by atoms with Crippen molar-refractivity contribution in [2.75, 3.05) is 6.54 Å². The van der Waals surface area contributed by atoms with Gasteiger partial charge in [-0.2, -0.15) is 0 Å². The fraction of sp³-hybridized carbons (Fsp3) is 0.533. The maximum atomic E-state index is 12.4. The Morgan fingerprint density at radius 2 is 2.36 bits per heavy atom. The number of nitrogens with one attached hydrogen (secondary N) is 1. The maximum Gasteiger partial charge on any atom is 0.318 e. The zero-order chi connectivity index (χ0) is 15.5. The van der Waals surface area contributed by atoms with Crippen molar-refractivity contribution in [2.24, 2.45) is 0 Å². The Kier molecular flexibility index (Phi) is 4.73. The predicted molar refractivity (Wildman–Crippen MR) is 89.2 cm³/mol. The SMILES string of the molecule is CC(C)c1nnc(CNC(=O)N2CCCC2c2cccs2)s1. The maximum absolute atomic E-state index is 12.4. The number of likely N-dealkylation sites (tertiary alicyclic amines) is 1. The average molecular weight is 336 g/mol. The quantitative estimate of drug-likeness (QED) is 0.924. The number of thiophene rings is 1. The van der Waals surface area contributed by atoms with E-state index in [4.69, 9.17) is 0 Å². The molecule has 5 nitrogen and oxygen atoms in total. The molecule has 22 heavy (non-hydrogen) atoms. The third-order valence-electron chi connectivity index (χ3n) is 3.75. The zero-order valence-electron chi connectivity index (χ0n) is 12.8. The Balaban J connectivity index is 1.59. The van der Waals surface area contributed by atoms with Crippen molar-refractivity contribution in [3.8, 4) is 0 Å². The van der Waals surface area contributed by atoms with Crippen molar-refractivity contribution in [1.82, 2.24) is 20.4 Å².